The van der Waals surface area contributed by atoms with Crippen LogP contribution in [-0.2, 0) is 0 Å². The zero-order chi connectivity index (χ0) is 11.0. The number of para-hydroxylation sites is 1. The minimum atomic E-state index is -0.844. The molecule has 0 fully saturated rings. The fourth-order valence-corrected chi connectivity index (χ4v) is 1.39. The van der Waals surface area contributed by atoms with Crippen LogP contribution in [0, 0.1) is 4.91 Å². The SMILES string of the molecule is O=c1[nH]c2ccccc2c(O)c1[N+](=O)O. The van der Waals surface area contributed by atoms with E-state index in [0.717, 1.165) is 0 Å². The number of aromatic nitrogens is 1. The van der Waals surface area contributed by atoms with E-state index in [4.69, 9.17) is 5.21 Å². The highest BCUT2D eigenvalue weighted by atomic mass is 16.6. The molecule has 0 spiro atoms. The van der Waals surface area contributed by atoms with Gasteiger partial charge in [-0.3, -0.25) is 4.79 Å². The number of aromatic amines is 1. The molecule has 1 aromatic carbocycles. The molecule has 0 aliphatic heterocycles. The fourth-order valence-electron chi connectivity index (χ4n) is 1.39. The highest BCUT2D eigenvalue weighted by Gasteiger charge is 2.26. The highest BCUT2D eigenvalue weighted by Crippen LogP contribution is 2.28. The molecule has 6 nitrogen and oxygen atoms in total. The molecule has 0 saturated carbocycles. The number of aromatic hydroxyl groups is 1. The first-order valence-electron chi connectivity index (χ1n) is 4.11. The molecule has 0 unspecified atom stereocenters. The zero-order valence-electron chi connectivity index (χ0n) is 7.47. The van der Waals surface area contributed by atoms with Crippen LogP contribution in [0.15, 0.2) is 29.1 Å². The lowest BCUT2D eigenvalue weighted by molar-refractivity contribution is -0.730. The Balaban J connectivity index is 2.97. The number of benzene rings is 1. The smallest absolute Gasteiger partial charge is 0.422 e. The van der Waals surface area contributed by atoms with Gasteiger partial charge in [0.2, 0.25) is 5.75 Å². The molecule has 2 aromatic rings. The Labute approximate surface area is 82.9 Å². The number of nitrogens with zero attached hydrogens (tertiary/aromatic N) is 1. The van der Waals surface area contributed by atoms with Gasteiger partial charge in [-0.1, -0.05) is 12.1 Å². The number of hydrogen-bond acceptors (Lipinski definition) is 3. The summed E-state index contributed by atoms with van der Waals surface area (Å²) >= 11 is 0. The average Bonchev–Trinajstić information content (AvgIpc) is 2.17. The largest absolute Gasteiger partial charge is 0.501 e. The molecule has 0 amide bonds. The van der Waals surface area contributed by atoms with Crippen LogP contribution in [0.4, 0.5) is 5.69 Å². The second-order valence-electron chi connectivity index (χ2n) is 2.97. The molecule has 0 saturated heterocycles. The first-order chi connectivity index (χ1) is 7.11. The summed E-state index contributed by atoms with van der Waals surface area (Å²) in [6.07, 6.45) is 0. The lowest BCUT2D eigenvalue weighted by atomic mass is 10.2. The molecule has 0 bridgehead atoms. The van der Waals surface area contributed by atoms with Crippen LogP contribution < -0.4 is 5.56 Å². The molecule has 3 N–H and O–H groups in total. The van der Waals surface area contributed by atoms with E-state index < -0.39 is 21.9 Å². The molecular formula is C9H7N2O4+. The number of fused-ring (bicyclic) bond motifs is 1. The van der Waals surface area contributed by atoms with Gasteiger partial charge in [0.1, 0.15) is 0 Å². The standard InChI is InChI=1S/C9H6N2O4/c12-8-5-3-1-2-4-6(5)10-9(13)7(8)11(14)15/h1-4H,(H2-,10,12,13,14,15)/p+1. The second kappa shape index (κ2) is 3.09. The van der Waals surface area contributed by atoms with E-state index in [-0.39, 0.29) is 0 Å². The number of hydrogen-bond donors (Lipinski definition) is 3. The Morgan fingerprint density at radius 2 is 1.93 bits per heavy atom. The van der Waals surface area contributed by atoms with E-state index in [1.54, 1.807) is 18.2 Å². The Hall–Kier alpha value is -2.37. The average molecular weight is 207 g/mol. The van der Waals surface area contributed by atoms with E-state index in [9.17, 15) is 14.8 Å². The predicted molar refractivity (Wildman–Crippen MR) is 51.3 cm³/mol. The van der Waals surface area contributed by atoms with E-state index in [1.165, 1.54) is 6.07 Å². The topological polar surface area (TPSA) is 93.4 Å². The second-order valence-corrected chi connectivity index (χ2v) is 2.97. The monoisotopic (exact) mass is 207 g/mol. The third-order valence-electron chi connectivity index (χ3n) is 2.06. The molecule has 0 radical (unpaired) electrons. The van der Waals surface area contributed by atoms with Gasteiger partial charge in [0.05, 0.1) is 10.4 Å². The van der Waals surface area contributed by atoms with Gasteiger partial charge in [-0.25, -0.2) is 5.21 Å². The molecular weight excluding hydrogens is 200 g/mol. The number of nitrogens with one attached hydrogen (secondary N) is 1. The fraction of sp³-hybridized carbons (Fsp3) is 0. The molecule has 6 heteroatoms. The van der Waals surface area contributed by atoms with E-state index >= 15 is 0 Å². The maximum Gasteiger partial charge on any atom is 0.422 e. The van der Waals surface area contributed by atoms with Crippen LogP contribution >= 0.6 is 0 Å². The molecule has 15 heavy (non-hydrogen) atoms. The molecule has 1 heterocycles. The van der Waals surface area contributed by atoms with Crippen LogP contribution in [0.3, 0.4) is 0 Å². The summed E-state index contributed by atoms with van der Waals surface area (Å²) in [5, 5.41) is 18.5. The Bertz CT molecular complexity index is 603. The van der Waals surface area contributed by atoms with Crippen LogP contribution in [-0.4, -0.2) is 20.2 Å². The maximum atomic E-state index is 11.3. The molecule has 2 rings (SSSR count). The van der Waals surface area contributed by atoms with Crippen LogP contribution in [0.5, 0.6) is 5.75 Å². The number of H-pyrrole nitrogens is 1. The van der Waals surface area contributed by atoms with Crippen molar-refractivity contribution < 1.29 is 15.2 Å². The maximum absolute atomic E-state index is 11.3. The molecule has 0 aliphatic rings. The van der Waals surface area contributed by atoms with Crippen molar-refractivity contribution in [3.63, 3.8) is 0 Å². The van der Waals surface area contributed by atoms with Crippen molar-refractivity contribution in [1.82, 2.24) is 4.98 Å². The van der Waals surface area contributed by atoms with E-state index in [0.29, 0.717) is 10.9 Å². The third kappa shape index (κ3) is 1.32. The summed E-state index contributed by atoms with van der Waals surface area (Å²) in [5.41, 5.74) is -1.16. The minimum absolute atomic E-state index is 0.294. The summed E-state index contributed by atoms with van der Waals surface area (Å²) in [5.74, 6) is -0.535. The van der Waals surface area contributed by atoms with Crippen molar-refractivity contribution in [3.8, 4) is 5.75 Å². The van der Waals surface area contributed by atoms with Crippen molar-refractivity contribution in [1.29, 1.82) is 0 Å². The van der Waals surface area contributed by atoms with E-state index in [1.807, 2.05) is 0 Å². The van der Waals surface area contributed by atoms with Gasteiger partial charge < -0.3 is 10.1 Å². The Morgan fingerprint density at radius 3 is 2.60 bits per heavy atom. The molecule has 0 atom stereocenters. The van der Waals surface area contributed by atoms with Gasteiger partial charge in [0, 0.05) is 5.39 Å². The third-order valence-corrected chi connectivity index (χ3v) is 2.06. The minimum Gasteiger partial charge on any atom is -0.501 e. The normalized spacial score (nSPS) is 10.4. The van der Waals surface area contributed by atoms with Gasteiger partial charge >= 0.3 is 11.2 Å². The first-order valence-corrected chi connectivity index (χ1v) is 4.11. The van der Waals surface area contributed by atoms with Crippen LogP contribution in [0.1, 0.15) is 0 Å². The van der Waals surface area contributed by atoms with Crippen molar-refractivity contribution in [2.75, 3.05) is 0 Å². The molecule has 0 aliphatic carbocycles. The first kappa shape index (κ1) is 9.20. The van der Waals surface area contributed by atoms with Crippen molar-refractivity contribution in [3.05, 3.63) is 39.5 Å². The highest BCUT2D eigenvalue weighted by molar-refractivity contribution is 5.87. The van der Waals surface area contributed by atoms with Crippen molar-refractivity contribution >= 4 is 16.6 Å². The number of rotatable bonds is 1. The van der Waals surface area contributed by atoms with Gasteiger partial charge in [-0.15, -0.1) is 0 Å². The lowest BCUT2D eigenvalue weighted by Crippen LogP contribution is -2.12. The number of pyridine rings is 1. The van der Waals surface area contributed by atoms with Crippen LogP contribution in [0.25, 0.3) is 10.9 Å². The zero-order valence-corrected chi connectivity index (χ0v) is 7.47. The quantitative estimate of drug-likeness (QED) is 0.609. The molecule has 1 aromatic heterocycles. The lowest BCUT2D eigenvalue weighted by Gasteiger charge is -1.98. The van der Waals surface area contributed by atoms with E-state index in [2.05, 4.69) is 4.98 Å². The summed E-state index contributed by atoms with van der Waals surface area (Å²) < 4.78 is 0. The van der Waals surface area contributed by atoms with Gasteiger partial charge in [-0.2, -0.15) is 0 Å². The summed E-state index contributed by atoms with van der Waals surface area (Å²) in [4.78, 5) is 23.6. The Kier molecular flexibility index (Phi) is 1.89. The predicted octanol–water partition coefficient (Wildman–Crippen LogP) is 1.03. The van der Waals surface area contributed by atoms with Crippen LogP contribution in [0.2, 0.25) is 0 Å². The summed E-state index contributed by atoms with van der Waals surface area (Å²) in [6.45, 7) is 0. The van der Waals surface area contributed by atoms with Gasteiger partial charge in [-0.05, 0) is 12.1 Å². The molecule has 76 valence electrons. The summed E-state index contributed by atoms with van der Waals surface area (Å²) in [7, 11) is 0. The van der Waals surface area contributed by atoms with Gasteiger partial charge in [0.25, 0.3) is 4.92 Å². The summed E-state index contributed by atoms with van der Waals surface area (Å²) in [6, 6.07) is 6.41. The van der Waals surface area contributed by atoms with Crippen molar-refractivity contribution in [2.45, 2.75) is 0 Å². The Morgan fingerprint density at radius 1 is 1.27 bits per heavy atom. The van der Waals surface area contributed by atoms with Crippen molar-refractivity contribution in [2.24, 2.45) is 0 Å². The van der Waals surface area contributed by atoms with Gasteiger partial charge in [0.15, 0.2) is 0 Å².